The average Bonchev–Trinajstić information content (AvgIpc) is 3.22. The molecule has 4 aliphatic rings. The number of carbonyl (C=O) groups excluding carboxylic acids is 4. The summed E-state index contributed by atoms with van der Waals surface area (Å²) in [6.45, 7) is 1.72. The Kier molecular flexibility index (Phi) is 5.56. The number of allylic oxidation sites excluding steroid dienone is 2. The van der Waals surface area contributed by atoms with Gasteiger partial charge in [-0.1, -0.05) is 41.4 Å². The van der Waals surface area contributed by atoms with Crippen LogP contribution in [-0.2, 0) is 19.2 Å². The molecule has 6 atom stereocenters. The van der Waals surface area contributed by atoms with Gasteiger partial charge in [-0.3, -0.25) is 29.0 Å². The van der Waals surface area contributed by atoms with Crippen molar-refractivity contribution in [1.29, 1.82) is 0 Å². The summed E-state index contributed by atoms with van der Waals surface area (Å²) in [6, 6.07) is 11.5. The van der Waals surface area contributed by atoms with Gasteiger partial charge < -0.3 is 5.11 Å². The number of rotatable bonds is 2. The molecule has 2 aromatic rings. The lowest BCUT2D eigenvalue weighted by molar-refractivity contribution is -0.138. The van der Waals surface area contributed by atoms with E-state index in [9.17, 15) is 24.3 Å². The minimum Gasteiger partial charge on any atom is -0.507 e. The number of anilines is 1. The zero-order chi connectivity index (χ0) is 27.3. The number of para-hydroxylation sites is 1. The molecule has 0 bridgehead atoms. The van der Waals surface area contributed by atoms with E-state index in [0.717, 1.165) is 4.90 Å². The van der Waals surface area contributed by atoms with Gasteiger partial charge in [-0.05, 0) is 55.5 Å². The van der Waals surface area contributed by atoms with Crippen LogP contribution < -0.4 is 4.90 Å². The number of fused-ring (bicyclic) bond motifs is 4. The van der Waals surface area contributed by atoms with Crippen LogP contribution in [0.4, 0.5) is 5.69 Å². The highest BCUT2D eigenvalue weighted by molar-refractivity contribution is 6.53. The Morgan fingerprint density at radius 2 is 1.63 bits per heavy atom. The van der Waals surface area contributed by atoms with Gasteiger partial charge in [0.05, 0.1) is 17.5 Å². The minimum atomic E-state index is -1.93. The zero-order valence-electron chi connectivity index (χ0n) is 20.5. The van der Waals surface area contributed by atoms with Crippen molar-refractivity contribution < 1.29 is 24.3 Å². The van der Waals surface area contributed by atoms with Gasteiger partial charge >= 0.3 is 0 Å². The first-order chi connectivity index (χ1) is 17.9. The summed E-state index contributed by atoms with van der Waals surface area (Å²) in [5.41, 5.74) is 1.95. The van der Waals surface area contributed by atoms with Crippen LogP contribution in [0, 0.1) is 24.7 Å². The van der Waals surface area contributed by atoms with E-state index in [-0.39, 0.29) is 24.5 Å². The van der Waals surface area contributed by atoms with Crippen LogP contribution in [0.1, 0.15) is 29.9 Å². The van der Waals surface area contributed by atoms with Crippen LogP contribution in [-0.4, -0.2) is 50.4 Å². The van der Waals surface area contributed by atoms with E-state index in [4.69, 9.17) is 34.8 Å². The maximum atomic E-state index is 13.9. The molecule has 2 saturated heterocycles. The Morgan fingerprint density at radius 3 is 2.32 bits per heavy atom. The van der Waals surface area contributed by atoms with Crippen molar-refractivity contribution in [1.82, 2.24) is 4.90 Å². The standard InChI is InChI=1S/C28H23Cl3N2O5/c1-13-4-3-5-18(22(13)34)21-16-10-11-17-20(24(36)33(23(17)35)15-8-6-14(29)7-9-15)19(16)12-27(30)25(37)32(2)26(38)28(21,27)31/h3-10,17,19-21,34H,11-12H2,1-2H3/t17-,19+,20-,21+,27+,28-/m0/s1. The van der Waals surface area contributed by atoms with Gasteiger partial charge in [0.1, 0.15) is 5.75 Å². The molecule has 196 valence electrons. The molecule has 6 rings (SSSR count). The number of amides is 4. The summed E-state index contributed by atoms with van der Waals surface area (Å²) in [4.78, 5) is 52.7. The fraction of sp³-hybridized carbons (Fsp3) is 0.357. The first kappa shape index (κ1) is 25.4. The average molecular weight is 574 g/mol. The molecule has 0 radical (unpaired) electrons. The van der Waals surface area contributed by atoms with Crippen molar-refractivity contribution in [2.45, 2.75) is 35.4 Å². The quantitative estimate of drug-likeness (QED) is 0.323. The lowest BCUT2D eigenvalue weighted by atomic mass is 9.56. The van der Waals surface area contributed by atoms with E-state index in [0.29, 0.717) is 27.4 Å². The number of benzene rings is 2. The molecular weight excluding hydrogens is 551 g/mol. The third kappa shape index (κ3) is 3.04. The molecule has 0 unspecified atom stereocenters. The molecule has 3 fully saturated rings. The van der Waals surface area contributed by atoms with E-state index in [1.54, 1.807) is 49.4 Å². The third-order valence-corrected chi connectivity index (χ3v) is 10.3. The van der Waals surface area contributed by atoms with Crippen LogP contribution in [0.2, 0.25) is 5.02 Å². The number of halogens is 3. The lowest BCUT2D eigenvalue weighted by Gasteiger charge is -2.50. The second-order valence-corrected chi connectivity index (χ2v) is 12.2. The van der Waals surface area contributed by atoms with Crippen LogP contribution in [0.3, 0.4) is 0 Å². The fourth-order valence-electron chi connectivity index (χ4n) is 6.85. The molecule has 4 amide bonds. The van der Waals surface area contributed by atoms with Gasteiger partial charge in [0.15, 0.2) is 9.75 Å². The number of aryl methyl sites for hydroxylation is 1. The van der Waals surface area contributed by atoms with Crippen molar-refractivity contribution in [3.8, 4) is 5.75 Å². The fourth-order valence-corrected chi connectivity index (χ4v) is 7.99. The second kappa shape index (κ2) is 8.31. The Hall–Kier alpha value is -2.87. The summed E-state index contributed by atoms with van der Waals surface area (Å²) >= 11 is 20.3. The monoisotopic (exact) mass is 572 g/mol. The SMILES string of the molecule is Cc1cccc([C@H]2C3=CC[C@@H]4C(=O)N(c5ccc(Cl)cc5)C(=O)[C@@H]4[C@@H]3C[C@@]3(Cl)C(=O)N(C)C(=O)[C@@]23Cl)c1O. The van der Waals surface area contributed by atoms with Crippen molar-refractivity contribution in [2.75, 3.05) is 11.9 Å². The van der Waals surface area contributed by atoms with Gasteiger partial charge in [-0.25, -0.2) is 0 Å². The highest BCUT2D eigenvalue weighted by Gasteiger charge is 2.76. The van der Waals surface area contributed by atoms with Crippen LogP contribution in [0.5, 0.6) is 5.75 Å². The van der Waals surface area contributed by atoms with E-state index in [1.807, 2.05) is 6.08 Å². The Morgan fingerprint density at radius 1 is 0.947 bits per heavy atom. The summed E-state index contributed by atoms with van der Waals surface area (Å²) < 4.78 is 0. The Balaban J connectivity index is 1.53. The number of imide groups is 2. The lowest BCUT2D eigenvalue weighted by Crippen LogP contribution is -2.60. The number of carbonyl (C=O) groups is 4. The smallest absolute Gasteiger partial charge is 0.253 e. The predicted octanol–water partition coefficient (Wildman–Crippen LogP) is 4.55. The molecule has 0 aromatic heterocycles. The van der Waals surface area contributed by atoms with Gasteiger partial charge in [0.2, 0.25) is 11.8 Å². The highest BCUT2D eigenvalue weighted by Crippen LogP contribution is 2.66. The van der Waals surface area contributed by atoms with Crippen LogP contribution in [0.15, 0.2) is 54.1 Å². The minimum absolute atomic E-state index is 0.0633. The topological polar surface area (TPSA) is 95.0 Å². The van der Waals surface area contributed by atoms with Gasteiger partial charge in [-0.2, -0.15) is 0 Å². The molecule has 10 heteroatoms. The van der Waals surface area contributed by atoms with Crippen molar-refractivity contribution >= 4 is 64.1 Å². The van der Waals surface area contributed by atoms with Gasteiger partial charge in [0, 0.05) is 23.6 Å². The second-order valence-electron chi connectivity index (χ2n) is 10.5. The molecule has 2 aromatic carbocycles. The van der Waals surface area contributed by atoms with E-state index >= 15 is 0 Å². The number of aromatic hydroxyl groups is 1. The number of alkyl halides is 2. The molecule has 2 aliphatic carbocycles. The molecule has 38 heavy (non-hydrogen) atoms. The Labute approximate surface area is 233 Å². The first-order valence-corrected chi connectivity index (χ1v) is 13.4. The summed E-state index contributed by atoms with van der Waals surface area (Å²) in [5, 5.41) is 11.6. The van der Waals surface area contributed by atoms with Gasteiger partial charge in [0.25, 0.3) is 11.8 Å². The first-order valence-electron chi connectivity index (χ1n) is 12.3. The molecule has 2 heterocycles. The zero-order valence-corrected chi connectivity index (χ0v) is 22.7. The molecule has 0 spiro atoms. The van der Waals surface area contributed by atoms with E-state index in [1.165, 1.54) is 11.9 Å². The van der Waals surface area contributed by atoms with Gasteiger partial charge in [-0.15, -0.1) is 23.2 Å². The molecule has 2 aliphatic heterocycles. The number of likely N-dealkylation sites (tertiary alicyclic amines) is 1. The predicted molar refractivity (Wildman–Crippen MR) is 142 cm³/mol. The maximum Gasteiger partial charge on any atom is 0.253 e. The molecule has 1 saturated carbocycles. The Bertz CT molecular complexity index is 1470. The highest BCUT2D eigenvalue weighted by atomic mass is 35.5. The van der Waals surface area contributed by atoms with Crippen molar-refractivity contribution in [3.63, 3.8) is 0 Å². The number of phenolic OH excluding ortho intramolecular Hbond substituents is 1. The van der Waals surface area contributed by atoms with Crippen molar-refractivity contribution in [2.24, 2.45) is 17.8 Å². The largest absolute Gasteiger partial charge is 0.507 e. The number of phenols is 1. The number of nitrogens with zero attached hydrogens (tertiary/aromatic N) is 2. The summed E-state index contributed by atoms with van der Waals surface area (Å²) in [7, 11) is 1.33. The molecule has 1 N–H and O–H groups in total. The summed E-state index contributed by atoms with van der Waals surface area (Å²) in [6.07, 6.45) is 1.98. The number of hydrogen-bond donors (Lipinski definition) is 1. The maximum absolute atomic E-state index is 13.9. The van der Waals surface area contributed by atoms with Crippen LogP contribution in [0.25, 0.3) is 0 Å². The molecule has 7 nitrogen and oxygen atoms in total. The summed E-state index contributed by atoms with van der Waals surface area (Å²) in [5.74, 6) is -5.25. The van der Waals surface area contributed by atoms with E-state index < -0.39 is 51.1 Å². The normalized spacial score (nSPS) is 34.3. The molecular formula is C28H23Cl3N2O5. The number of hydrogen-bond acceptors (Lipinski definition) is 5. The van der Waals surface area contributed by atoms with Crippen molar-refractivity contribution in [3.05, 3.63) is 70.3 Å². The third-order valence-electron chi connectivity index (χ3n) is 8.68. The van der Waals surface area contributed by atoms with Crippen LogP contribution >= 0.6 is 34.8 Å². The van der Waals surface area contributed by atoms with E-state index in [2.05, 4.69) is 0 Å².